The second kappa shape index (κ2) is 5.12. The van der Waals surface area contributed by atoms with Gasteiger partial charge < -0.3 is 16.0 Å². The summed E-state index contributed by atoms with van der Waals surface area (Å²) in [5, 5.41) is 2.80. The van der Waals surface area contributed by atoms with Gasteiger partial charge in [-0.15, -0.1) is 0 Å². The van der Waals surface area contributed by atoms with Gasteiger partial charge in [-0.1, -0.05) is 6.42 Å². The summed E-state index contributed by atoms with van der Waals surface area (Å²) in [5.74, 6) is 1.37. The molecule has 2 aliphatic heterocycles. The van der Waals surface area contributed by atoms with Crippen LogP contribution in [0.3, 0.4) is 0 Å². The van der Waals surface area contributed by atoms with Crippen molar-refractivity contribution >= 4 is 11.8 Å². The highest BCUT2D eigenvalue weighted by Gasteiger charge is 2.42. The van der Waals surface area contributed by atoms with Crippen molar-refractivity contribution in [3.8, 4) is 0 Å². The molecule has 3 aliphatic rings. The maximum atomic E-state index is 12.5. The maximum absolute atomic E-state index is 12.5. The van der Waals surface area contributed by atoms with E-state index in [1.165, 1.54) is 12.8 Å². The molecule has 5 heteroatoms. The van der Waals surface area contributed by atoms with E-state index >= 15 is 0 Å². The van der Waals surface area contributed by atoms with Crippen LogP contribution in [0.15, 0.2) is 0 Å². The van der Waals surface area contributed by atoms with E-state index in [0.717, 1.165) is 19.5 Å². The van der Waals surface area contributed by atoms with Crippen molar-refractivity contribution in [3.05, 3.63) is 0 Å². The van der Waals surface area contributed by atoms with E-state index < -0.39 is 0 Å². The number of fused-ring (bicyclic) bond motifs is 1. The molecule has 0 aromatic rings. The molecule has 106 valence electrons. The summed E-state index contributed by atoms with van der Waals surface area (Å²) >= 11 is 0. The van der Waals surface area contributed by atoms with Crippen molar-refractivity contribution in [2.45, 2.75) is 38.1 Å². The molecule has 5 nitrogen and oxygen atoms in total. The normalized spacial score (nSPS) is 38.8. The van der Waals surface area contributed by atoms with Crippen LogP contribution in [0.2, 0.25) is 0 Å². The van der Waals surface area contributed by atoms with Gasteiger partial charge in [-0.25, -0.2) is 0 Å². The highest BCUT2D eigenvalue weighted by atomic mass is 16.2. The monoisotopic (exact) mass is 265 g/mol. The number of rotatable bonds is 1. The smallest absolute Gasteiger partial charge is 0.227 e. The molecule has 1 saturated carbocycles. The van der Waals surface area contributed by atoms with Crippen molar-refractivity contribution in [2.75, 3.05) is 19.6 Å². The summed E-state index contributed by atoms with van der Waals surface area (Å²) < 4.78 is 0. The van der Waals surface area contributed by atoms with E-state index in [2.05, 4.69) is 5.32 Å². The second-order valence-electron chi connectivity index (χ2n) is 6.30. The average molecular weight is 265 g/mol. The average Bonchev–Trinajstić information content (AvgIpc) is 2.84. The summed E-state index contributed by atoms with van der Waals surface area (Å²) in [6.45, 7) is 2.21. The van der Waals surface area contributed by atoms with E-state index in [9.17, 15) is 9.59 Å². The maximum Gasteiger partial charge on any atom is 0.227 e. The fraction of sp³-hybridized carbons (Fsp3) is 0.857. The largest absolute Gasteiger partial charge is 0.355 e. The summed E-state index contributed by atoms with van der Waals surface area (Å²) in [6, 6.07) is 0.266. The van der Waals surface area contributed by atoms with Crippen LogP contribution >= 0.6 is 0 Å². The molecule has 3 fully saturated rings. The first-order chi connectivity index (χ1) is 9.15. The van der Waals surface area contributed by atoms with Gasteiger partial charge in [-0.2, -0.15) is 0 Å². The van der Waals surface area contributed by atoms with Gasteiger partial charge in [-0.3, -0.25) is 9.59 Å². The molecule has 2 amide bonds. The number of amides is 2. The molecule has 4 unspecified atom stereocenters. The Balaban J connectivity index is 1.61. The first kappa shape index (κ1) is 12.9. The van der Waals surface area contributed by atoms with E-state index in [1.807, 2.05) is 4.90 Å². The zero-order valence-corrected chi connectivity index (χ0v) is 11.3. The number of nitrogens with one attached hydrogen (secondary N) is 1. The molecule has 3 rings (SSSR count). The van der Waals surface area contributed by atoms with Gasteiger partial charge in [0.05, 0.1) is 5.92 Å². The molecular formula is C14H23N3O2. The lowest BCUT2D eigenvalue weighted by molar-refractivity contribution is -0.136. The van der Waals surface area contributed by atoms with E-state index in [1.54, 1.807) is 0 Å². The van der Waals surface area contributed by atoms with Crippen molar-refractivity contribution in [2.24, 2.45) is 23.5 Å². The fourth-order valence-electron chi connectivity index (χ4n) is 3.90. The lowest BCUT2D eigenvalue weighted by Gasteiger charge is -2.29. The highest BCUT2D eigenvalue weighted by molar-refractivity contribution is 5.84. The molecule has 0 radical (unpaired) electrons. The third kappa shape index (κ3) is 2.48. The van der Waals surface area contributed by atoms with Crippen LogP contribution in [-0.4, -0.2) is 42.4 Å². The Bertz CT molecular complexity index is 375. The molecule has 0 aromatic heterocycles. The first-order valence-electron chi connectivity index (χ1n) is 7.46. The van der Waals surface area contributed by atoms with Crippen LogP contribution in [-0.2, 0) is 9.59 Å². The lowest BCUT2D eigenvalue weighted by Crippen LogP contribution is -2.44. The molecule has 2 heterocycles. The molecule has 1 aliphatic carbocycles. The van der Waals surface area contributed by atoms with Crippen LogP contribution in [0, 0.1) is 17.8 Å². The number of piperidine rings is 1. The molecule has 2 saturated heterocycles. The van der Waals surface area contributed by atoms with Gasteiger partial charge in [0.25, 0.3) is 0 Å². The number of nitrogens with zero attached hydrogens (tertiary/aromatic N) is 1. The van der Waals surface area contributed by atoms with Crippen LogP contribution in [0.5, 0.6) is 0 Å². The fourth-order valence-corrected chi connectivity index (χ4v) is 3.90. The lowest BCUT2D eigenvalue weighted by atomic mass is 9.78. The second-order valence-corrected chi connectivity index (χ2v) is 6.30. The summed E-state index contributed by atoms with van der Waals surface area (Å²) in [4.78, 5) is 25.6. The zero-order chi connectivity index (χ0) is 13.4. The van der Waals surface area contributed by atoms with Crippen molar-refractivity contribution < 1.29 is 9.59 Å². The molecule has 0 spiro atoms. The third-order valence-electron chi connectivity index (χ3n) is 5.08. The minimum atomic E-state index is -0.0194. The minimum Gasteiger partial charge on any atom is -0.355 e. The SMILES string of the molecule is NC1CCCC2CN(C(=O)C3CCC(=O)NC3)CC12. The molecule has 4 atom stereocenters. The molecule has 0 aromatic carbocycles. The third-order valence-corrected chi connectivity index (χ3v) is 5.08. The number of nitrogens with two attached hydrogens (primary N) is 1. The van der Waals surface area contributed by atoms with Crippen LogP contribution in [0.1, 0.15) is 32.1 Å². The van der Waals surface area contributed by atoms with Gasteiger partial charge in [0, 0.05) is 32.1 Å². The molecule has 3 N–H and O–H groups in total. The number of hydrogen-bond acceptors (Lipinski definition) is 3. The Morgan fingerprint density at radius 3 is 2.79 bits per heavy atom. The van der Waals surface area contributed by atoms with Crippen LogP contribution in [0.4, 0.5) is 0 Å². The minimum absolute atomic E-state index is 0.0194. The number of hydrogen-bond donors (Lipinski definition) is 2. The quantitative estimate of drug-likeness (QED) is 0.706. The number of carbonyl (C=O) groups excluding carboxylic acids is 2. The van der Waals surface area contributed by atoms with E-state index in [0.29, 0.717) is 31.2 Å². The number of carbonyl (C=O) groups is 2. The highest BCUT2D eigenvalue weighted by Crippen LogP contribution is 2.36. The van der Waals surface area contributed by atoms with Gasteiger partial charge >= 0.3 is 0 Å². The van der Waals surface area contributed by atoms with Crippen molar-refractivity contribution in [1.82, 2.24) is 10.2 Å². The Morgan fingerprint density at radius 2 is 2.11 bits per heavy atom. The van der Waals surface area contributed by atoms with E-state index in [4.69, 9.17) is 5.73 Å². The predicted octanol–water partition coefficient (Wildman–Crippen LogP) is 0.0984. The standard InChI is InChI=1S/C14H23N3O2/c15-12-3-1-2-10-7-17(8-11(10)12)14(19)9-4-5-13(18)16-6-9/h9-12H,1-8,15H2,(H,16,18). The zero-order valence-electron chi connectivity index (χ0n) is 11.3. The number of likely N-dealkylation sites (tertiary alicyclic amines) is 1. The van der Waals surface area contributed by atoms with Gasteiger partial charge in [-0.05, 0) is 31.1 Å². The van der Waals surface area contributed by atoms with Gasteiger partial charge in [0.2, 0.25) is 11.8 Å². The Labute approximate surface area is 113 Å². The Hall–Kier alpha value is -1.10. The topological polar surface area (TPSA) is 75.4 Å². The molecule has 0 bridgehead atoms. The van der Waals surface area contributed by atoms with Gasteiger partial charge in [0.15, 0.2) is 0 Å². The van der Waals surface area contributed by atoms with Gasteiger partial charge in [0.1, 0.15) is 0 Å². The molecule has 19 heavy (non-hydrogen) atoms. The van der Waals surface area contributed by atoms with E-state index in [-0.39, 0.29) is 23.8 Å². The summed E-state index contributed by atoms with van der Waals surface area (Å²) in [5.41, 5.74) is 6.18. The predicted molar refractivity (Wildman–Crippen MR) is 71.1 cm³/mol. The Kier molecular flexibility index (Phi) is 3.48. The summed E-state index contributed by atoms with van der Waals surface area (Å²) in [7, 11) is 0. The van der Waals surface area contributed by atoms with Crippen molar-refractivity contribution in [1.29, 1.82) is 0 Å². The van der Waals surface area contributed by atoms with Crippen LogP contribution < -0.4 is 11.1 Å². The molecular weight excluding hydrogens is 242 g/mol. The summed E-state index contributed by atoms with van der Waals surface area (Å²) in [6.07, 6.45) is 4.69. The first-order valence-corrected chi connectivity index (χ1v) is 7.46. The van der Waals surface area contributed by atoms with Crippen LogP contribution in [0.25, 0.3) is 0 Å². The van der Waals surface area contributed by atoms with Crippen molar-refractivity contribution in [3.63, 3.8) is 0 Å². The Morgan fingerprint density at radius 1 is 1.26 bits per heavy atom.